The molecule has 0 fully saturated rings. The largest absolute Gasteiger partial charge is 0.481 e. The van der Waals surface area contributed by atoms with Crippen LogP contribution < -0.4 is 10.1 Å². The summed E-state index contributed by atoms with van der Waals surface area (Å²) in [4.78, 5) is 4.15. The maximum Gasteiger partial charge on any atom is 0.217 e. The predicted octanol–water partition coefficient (Wildman–Crippen LogP) is 0.991. The molecule has 0 amide bonds. The number of nitrogens with zero attached hydrogens (tertiary/aromatic N) is 4. The smallest absolute Gasteiger partial charge is 0.217 e. The third-order valence-corrected chi connectivity index (χ3v) is 2.68. The number of ether oxygens (including phenoxy) is 1. The van der Waals surface area contributed by atoms with E-state index >= 15 is 0 Å². The Morgan fingerprint density at radius 2 is 2.28 bits per heavy atom. The highest BCUT2D eigenvalue weighted by molar-refractivity contribution is 5.24. The molecule has 2 heterocycles. The summed E-state index contributed by atoms with van der Waals surface area (Å²) in [6, 6.07) is 3.89. The third-order valence-electron chi connectivity index (χ3n) is 2.68. The lowest BCUT2D eigenvalue weighted by Gasteiger charge is -2.08. The normalized spacial score (nSPS) is 10.6. The molecule has 0 spiro atoms. The van der Waals surface area contributed by atoms with Crippen molar-refractivity contribution < 1.29 is 4.74 Å². The first-order valence-electron chi connectivity index (χ1n) is 5.90. The lowest BCUT2D eigenvalue weighted by Crippen LogP contribution is -2.17. The van der Waals surface area contributed by atoms with E-state index in [1.807, 2.05) is 16.7 Å². The van der Waals surface area contributed by atoms with Crippen molar-refractivity contribution in [3.8, 4) is 5.88 Å². The molecular weight excluding hydrogens is 230 g/mol. The lowest BCUT2D eigenvalue weighted by atomic mass is 10.2. The zero-order valence-corrected chi connectivity index (χ0v) is 10.6. The zero-order valence-electron chi connectivity index (χ0n) is 10.6. The molecule has 1 N–H and O–H groups in total. The molecule has 0 aromatic carbocycles. The summed E-state index contributed by atoms with van der Waals surface area (Å²) >= 11 is 0. The second kappa shape index (κ2) is 6.11. The average Bonchev–Trinajstić information content (AvgIpc) is 2.87. The van der Waals surface area contributed by atoms with E-state index < -0.39 is 0 Å². The van der Waals surface area contributed by atoms with Gasteiger partial charge in [0.15, 0.2) is 0 Å². The van der Waals surface area contributed by atoms with Gasteiger partial charge >= 0.3 is 0 Å². The average molecular weight is 247 g/mol. The van der Waals surface area contributed by atoms with Gasteiger partial charge in [-0.2, -0.15) is 0 Å². The van der Waals surface area contributed by atoms with Crippen molar-refractivity contribution in [1.29, 1.82) is 0 Å². The first kappa shape index (κ1) is 12.5. The fourth-order valence-corrected chi connectivity index (χ4v) is 1.73. The Morgan fingerprint density at radius 3 is 3.06 bits per heavy atom. The van der Waals surface area contributed by atoms with Crippen LogP contribution in [-0.2, 0) is 19.6 Å². The summed E-state index contributed by atoms with van der Waals surface area (Å²) in [7, 11) is 1.62. The van der Waals surface area contributed by atoms with Crippen LogP contribution in [-0.4, -0.2) is 26.9 Å². The number of aryl methyl sites for hydroxylation is 1. The molecule has 0 aliphatic rings. The summed E-state index contributed by atoms with van der Waals surface area (Å²) in [5.41, 5.74) is 1.03. The Labute approximate surface area is 106 Å². The molecule has 2 aromatic rings. The molecule has 0 aliphatic carbocycles. The van der Waals surface area contributed by atoms with Crippen LogP contribution in [0.4, 0.5) is 0 Å². The van der Waals surface area contributed by atoms with E-state index in [2.05, 4.69) is 27.4 Å². The van der Waals surface area contributed by atoms with Gasteiger partial charge in [0, 0.05) is 24.8 Å². The number of rotatable bonds is 6. The number of pyridine rings is 1. The highest BCUT2D eigenvalue weighted by atomic mass is 16.5. The van der Waals surface area contributed by atoms with Crippen molar-refractivity contribution in [1.82, 2.24) is 25.1 Å². The van der Waals surface area contributed by atoms with E-state index in [1.165, 1.54) is 0 Å². The van der Waals surface area contributed by atoms with Gasteiger partial charge in [-0.15, -0.1) is 10.2 Å². The van der Waals surface area contributed by atoms with E-state index in [-0.39, 0.29) is 0 Å². The van der Waals surface area contributed by atoms with Crippen molar-refractivity contribution in [2.45, 2.75) is 26.6 Å². The van der Waals surface area contributed by atoms with E-state index in [0.29, 0.717) is 19.0 Å². The SMILES string of the molecule is CCn1cnnc1CNCc1cccnc1OC. The van der Waals surface area contributed by atoms with Gasteiger partial charge in [0.1, 0.15) is 12.2 Å². The minimum Gasteiger partial charge on any atom is -0.481 e. The summed E-state index contributed by atoms with van der Waals surface area (Å²) in [5, 5.41) is 11.3. The van der Waals surface area contributed by atoms with Crippen LogP contribution in [0.1, 0.15) is 18.3 Å². The minimum atomic E-state index is 0.655. The Morgan fingerprint density at radius 1 is 1.39 bits per heavy atom. The predicted molar refractivity (Wildman–Crippen MR) is 67.0 cm³/mol. The van der Waals surface area contributed by atoms with Crippen molar-refractivity contribution in [3.05, 3.63) is 36.0 Å². The topological polar surface area (TPSA) is 64.9 Å². The maximum atomic E-state index is 5.19. The maximum absolute atomic E-state index is 5.19. The molecule has 0 unspecified atom stereocenters. The fourth-order valence-electron chi connectivity index (χ4n) is 1.73. The van der Waals surface area contributed by atoms with E-state index in [1.54, 1.807) is 19.6 Å². The molecule has 0 aliphatic heterocycles. The van der Waals surface area contributed by atoms with E-state index in [4.69, 9.17) is 4.74 Å². The van der Waals surface area contributed by atoms with Crippen LogP contribution in [0.15, 0.2) is 24.7 Å². The summed E-state index contributed by atoms with van der Waals surface area (Å²) in [6.45, 7) is 4.30. The number of hydrogen-bond donors (Lipinski definition) is 1. The molecule has 0 radical (unpaired) electrons. The Bertz CT molecular complexity index is 497. The van der Waals surface area contributed by atoms with E-state index in [9.17, 15) is 0 Å². The molecule has 18 heavy (non-hydrogen) atoms. The van der Waals surface area contributed by atoms with Crippen LogP contribution in [0, 0.1) is 0 Å². The van der Waals surface area contributed by atoms with Gasteiger partial charge in [-0.3, -0.25) is 0 Å². The Balaban J connectivity index is 1.92. The van der Waals surface area contributed by atoms with Crippen LogP contribution in [0.5, 0.6) is 5.88 Å². The summed E-state index contributed by atoms with van der Waals surface area (Å²) in [5.74, 6) is 1.59. The lowest BCUT2D eigenvalue weighted by molar-refractivity contribution is 0.390. The molecule has 2 rings (SSSR count). The van der Waals surface area contributed by atoms with Crippen LogP contribution in [0.25, 0.3) is 0 Å². The van der Waals surface area contributed by atoms with Crippen LogP contribution in [0.2, 0.25) is 0 Å². The van der Waals surface area contributed by atoms with Gasteiger partial charge in [-0.05, 0) is 13.0 Å². The molecule has 2 aromatic heterocycles. The minimum absolute atomic E-state index is 0.655. The molecule has 0 atom stereocenters. The van der Waals surface area contributed by atoms with Gasteiger partial charge in [0.05, 0.1) is 13.7 Å². The molecule has 0 saturated heterocycles. The number of aromatic nitrogens is 4. The molecule has 96 valence electrons. The first-order chi connectivity index (χ1) is 8.85. The highest BCUT2D eigenvalue weighted by Crippen LogP contribution is 2.12. The monoisotopic (exact) mass is 247 g/mol. The number of methoxy groups -OCH3 is 1. The quantitative estimate of drug-likeness (QED) is 0.824. The van der Waals surface area contributed by atoms with Crippen molar-refractivity contribution in [2.75, 3.05) is 7.11 Å². The molecule has 6 nitrogen and oxygen atoms in total. The fraction of sp³-hybridized carbons (Fsp3) is 0.417. The number of nitrogens with one attached hydrogen (secondary N) is 1. The molecule has 6 heteroatoms. The van der Waals surface area contributed by atoms with Gasteiger partial charge in [0.2, 0.25) is 5.88 Å². The second-order valence-electron chi connectivity index (χ2n) is 3.81. The van der Waals surface area contributed by atoms with E-state index in [0.717, 1.165) is 17.9 Å². The van der Waals surface area contributed by atoms with Gasteiger partial charge in [-0.1, -0.05) is 6.07 Å². The van der Waals surface area contributed by atoms with Gasteiger partial charge in [0.25, 0.3) is 0 Å². The summed E-state index contributed by atoms with van der Waals surface area (Å²) in [6.07, 6.45) is 3.46. The molecule has 0 bridgehead atoms. The first-order valence-corrected chi connectivity index (χ1v) is 5.90. The Kier molecular flexibility index (Phi) is 4.25. The number of hydrogen-bond acceptors (Lipinski definition) is 5. The second-order valence-corrected chi connectivity index (χ2v) is 3.81. The van der Waals surface area contributed by atoms with Crippen molar-refractivity contribution >= 4 is 0 Å². The van der Waals surface area contributed by atoms with Gasteiger partial charge < -0.3 is 14.6 Å². The van der Waals surface area contributed by atoms with Crippen LogP contribution >= 0.6 is 0 Å². The Hall–Kier alpha value is -1.95. The third kappa shape index (κ3) is 2.84. The van der Waals surface area contributed by atoms with Crippen molar-refractivity contribution in [3.63, 3.8) is 0 Å². The molecule has 0 saturated carbocycles. The van der Waals surface area contributed by atoms with Crippen molar-refractivity contribution in [2.24, 2.45) is 0 Å². The standard InChI is InChI=1S/C12H17N5O/c1-3-17-9-15-16-11(17)8-13-7-10-5-4-6-14-12(10)18-2/h4-6,9,13H,3,7-8H2,1-2H3. The zero-order chi connectivity index (χ0) is 12.8. The molecular formula is C12H17N5O. The van der Waals surface area contributed by atoms with Gasteiger partial charge in [-0.25, -0.2) is 4.98 Å². The van der Waals surface area contributed by atoms with Crippen LogP contribution in [0.3, 0.4) is 0 Å². The highest BCUT2D eigenvalue weighted by Gasteiger charge is 2.05. The summed E-state index contributed by atoms with van der Waals surface area (Å²) < 4.78 is 7.20.